The molecule has 21 heavy (non-hydrogen) atoms. The van der Waals surface area contributed by atoms with Gasteiger partial charge in [-0.05, 0) is 12.8 Å². The molecule has 6 nitrogen and oxygen atoms in total. The van der Waals surface area contributed by atoms with Crippen molar-refractivity contribution in [3.05, 3.63) is 22.7 Å². The second-order valence-corrected chi connectivity index (χ2v) is 5.68. The highest BCUT2D eigenvalue weighted by molar-refractivity contribution is 5.66. The number of carbonyl (C=O) groups is 1. The zero-order valence-corrected chi connectivity index (χ0v) is 11.2. The second-order valence-electron chi connectivity index (χ2n) is 5.68. The van der Waals surface area contributed by atoms with Crippen molar-refractivity contribution in [3.8, 4) is 0 Å². The van der Waals surface area contributed by atoms with Gasteiger partial charge in [0.2, 0.25) is 0 Å². The zero-order valence-electron chi connectivity index (χ0n) is 11.2. The van der Waals surface area contributed by atoms with Crippen LogP contribution in [0, 0.1) is 11.3 Å². The third kappa shape index (κ3) is 2.00. The molecule has 2 aliphatic carbocycles. The lowest BCUT2D eigenvalue weighted by Crippen LogP contribution is -2.30. The number of nitrogens with zero attached hydrogens (tertiary/aromatic N) is 2. The van der Waals surface area contributed by atoms with Gasteiger partial charge >= 0.3 is 5.97 Å². The standard InChI is InChI=1S/C13H15F2N3O3/c14-13(15)8-2-1-3-12(8,13)7-17-10-11(21)18(5-4-16-10)6-9(19)20/h4-5,8H,1-3,6-7H2,(H,16,17)(H,19,20). The normalized spacial score (nSPS) is 29.0. The minimum absolute atomic E-state index is 0.00993. The Kier molecular flexibility index (Phi) is 3.00. The number of hydrogen-bond donors (Lipinski definition) is 2. The molecule has 0 aliphatic heterocycles. The van der Waals surface area contributed by atoms with Gasteiger partial charge in [-0.15, -0.1) is 0 Å². The minimum Gasteiger partial charge on any atom is -0.480 e. The van der Waals surface area contributed by atoms with Crippen molar-refractivity contribution in [3.63, 3.8) is 0 Å². The van der Waals surface area contributed by atoms with Crippen molar-refractivity contribution in [2.45, 2.75) is 31.7 Å². The first-order valence-corrected chi connectivity index (χ1v) is 6.77. The van der Waals surface area contributed by atoms with Crippen LogP contribution in [0.5, 0.6) is 0 Å². The van der Waals surface area contributed by atoms with Crippen LogP contribution in [0.4, 0.5) is 14.6 Å². The van der Waals surface area contributed by atoms with Gasteiger partial charge < -0.3 is 10.4 Å². The summed E-state index contributed by atoms with van der Waals surface area (Å²) >= 11 is 0. The van der Waals surface area contributed by atoms with Crippen LogP contribution < -0.4 is 10.9 Å². The number of alkyl halides is 2. The molecule has 0 amide bonds. The topological polar surface area (TPSA) is 84.2 Å². The first-order valence-electron chi connectivity index (χ1n) is 6.77. The fourth-order valence-electron chi connectivity index (χ4n) is 3.42. The fourth-order valence-corrected chi connectivity index (χ4v) is 3.42. The number of nitrogens with one attached hydrogen (secondary N) is 1. The predicted octanol–water partition coefficient (Wildman–Crippen LogP) is 1.18. The lowest BCUT2D eigenvalue weighted by Gasteiger charge is -2.15. The monoisotopic (exact) mass is 299 g/mol. The molecule has 1 aromatic heterocycles. The SMILES string of the molecule is O=C(O)Cn1ccnc(NCC23CCCC2C3(F)F)c1=O. The number of carboxylic acids is 1. The molecular formula is C13H15F2N3O3. The van der Waals surface area contributed by atoms with Gasteiger partial charge in [-0.1, -0.05) is 6.42 Å². The Balaban J connectivity index is 1.75. The maximum absolute atomic E-state index is 13.7. The summed E-state index contributed by atoms with van der Waals surface area (Å²) in [5.41, 5.74) is -1.68. The molecule has 2 unspecified atom stereocenters. The van der Waals surface area contributed by atoms with E-state index >= 15 is 0 Å². The second kappa shape index (κ2) is 4.51. The van der Waals surface area contributed by atoms with Crippen LogP contribution in [0.2, 0.25) is 0 Å². The first kappa shape index (κ1) is 14.0. The van der Waals surface area contributed by atoms with Gasteiger partial charge in [0.15, 0.2) is 5.82 Å². The summed E-state index contributed by atoms with van der Waals surface area (Å²) in [5.74, 6) is -4.52. The van der Waals surface area contributed by atoms with Crippen molar-refractivity contribution in [2.24, 2.45) is 11.3 Å². The van der Waals surface area contributed by atoms with Gasteiger partial charge in [-0.3, -0.25) is 14.2 Å². The molecule has 114 valence electrons. The summed E-state index contributed by atoms with van der Waals surface area (Å²) in [6, 6.07) is 0. The number of anilines is 1. The van der Waals surface area contributed by atoms with E-state index in [1.54, 1.807) is 0 Å². The number of halogens is 2. The van der Waals surface area contributed by atoms with Crippen LogP contribution in [0.1, 0.15) is 19.3 Å². The molecule has 0 spiro atoms. The van der Waals surface area contributed by atoms with Crippen molar-refractivity contribution >= 4 is 11.8 Å². The van der Waals surface area contributed by atoms with Gasteiger partial charge in [0.1, 0.15) is 6.54 Å². The van der Waals surface area contributed by atoms with Gasteiger partial charge in [0.05, 0.1) is 5.41 Å². The Morgan fingerprint density at radius 3 is 2.95 bits per heavy atom. The van der Waals surface area contributed by atoms with Crippen LogP contribution in [0.15, 0.2) is 17.2 Å². The number of hydrogen-bond acceptors (Lipinski definition) is 4. The van der Waals surface area contributed by atoms with Gasteiger partial charge in [-0.25, -0.2) is 13.8 Å². The Morgan fingerprint density at radius 1 is 1.57 bits per heavy atom. The highest BCUT2D eigenvalue weighted by Crippen LogP contribution is 2.73. The summed E-state index contributed by atoms with van der Waals surface area (Å²) in [4.78, 5) is 26.4. The molecule has 0 saturated heterocycles. The Labute approximate surface area is 118 Å². The van der Waals surface area contributed by atoms with Gasteiger partial charge in [0, 0.05) is 24.9 Å². The minimum atomic E-state index is -2.67. The summed E-state index contributed by atoms with van der Waals surface area (Å²) in [6.07, 6.45) is 4.26. The zero-order chi connectivity index (χ0) is 15.3. The first-order chi connectivity index (χ1) is 9.88. The third-order valence-corrected chi connectivity index (χ3v) is 4.59. The Bertz CT molecular complexity index is 646. The van der Waals surface area contributed by atoms with Crippen molar-refractivity contribution in [1.82, 2.24) is 9.55 Å². The largest absolute Gasteiger partial charge is 0.480 e. The fraction of sp³-hybridized carbons (Fsp3) is 0.615. The summed E-state index contributed by atoms with van der Waals surface area (Å²) in [6.45, 7) is -0.496. The van der Waals surface area contributed by atoms with E-state index in [2.05, 4.69) is 10.3 Å². The van der Waals surface area contributed by atoms with E-state index in [1.165, 1.54) is 12.4 Å². The van der Waals surface area contributed by atoms with E-state index in [1.807, 2.05) is 0 Å². The van der Waals surface area contributed by atoms with Crippen LogP contribution >= 0.6 is 0 Å². The quantitative estimate of drug-likeness (QED) is 0.853. The highest BCUT2D eigenvalue weighted by Gasteiger charge is 2.81. The number of aromatic nitrogens is 2. The van der Waals surface area contributed by atoms with E-state index in [4.69, 9.17) is 5.11 Å². The summed E-state index contributed by atoms with van der Waals surface area (Å²) in [7, 11) is 0. The highest BCUT2D eigenvalue weighted by atomic mass is 19.3. The van der Waals surface area contributed by atoms with Gasteiger partial charge in [-0.2, -0.15) is 0 Å². The Morgan fingerprint density at radius 2 is 2.33 bits per heavy atom. The Hall–Kier alpha value is -1.99. The molecule has 2 atom stereocenters. The number of rotatable bonds is 5. The maximum Gasteiger partial charge on any atom is 0.323 e. The van der Waals surface area contributed by atoms with Crippen molar-refractivity contribution < 1.29 is 18.7 Å². The van der Waals surface area contributed by atoms with Crippen LogP contribution in [0.3, 0.4) is 0 Å². The molecule has 2 fully saturated rings. The van der Waals surface area contributed by atoms with E-state index in [-0.39, 0.29) is 12.4 Å². The van der Waals surface area contributed by atoms with Crippen molar-refractivity contribution in [1.29, 1.82) is 0 Å². The summed E-state index contributed by atoms with van der Waals surface area (Å²) < 4.78 is 28.4. The molecule has 2 aliphatic rings. The van der Waals surface area contributed by atoms with Crippen LogP contribution in [-0.4, -0.2) is 33.1 Å². The molecule has 2 saturated carbocycles. The molecule has 1 aromatic rings. The molecule has 0 bridgehead atoms. The molecule has 3 rings (SSSR count). The molecule has 0 radical (unpaired) electrons. The van der Waals surface area contributed by atoms with E-state index in [9.17, 15) is 18.4 Å². The van der Waals surface area contributed by atoms with Crippen molar-refractivity contribution in [2.75, 3.05) is 11.9 Å². The van der Waals surface area contributed by atoms with E-state index in [0.717, 1.165) is 11.0 Å². The lowest BCUT2D eigenvalue weighted by molar-refractivity contribution is -0.137. The third-order valence-electron chi connectivity index (χ3n) is 4.59. The smallest absolute Gasteiger partial charge is 0.323 e. The lowest BCUT2D eigenvalue weighted by atomic mass is 10.0. The number of fused-ring (bicyclic) bond motifs is 1. The van der Waals surface area contributed by atoms with Gasteiger partial charge in [0.25, 0.3) is 11.5 Å². The predicted molar refractivity (Wildman–Crippen MR) is 69.3 cm³/mol. The summed E-state index contributed by atoms with van der Waals surface area (Å²) in [5, 5.41) is 11.4. The number of aliphatic carboxylic acids is 1. The average Bonchev–Trinajstić information content (AvgIpc) is 2.77. The maximum atomic E-state index is 13.7. The molecule has 0 aromatic carbocycles. The van der Waals surface area contributed by atoms with Crippen LogP contribution in [-0.2, 0) is 11.3 Å². The molecule has 1 heterocycles. The average molecular weight is 299 g/mol. The molecular weight excluding hydrogens is 284 g/mol. The molecule has 8 heteroatoms. The van der Waals surface area contributed by atoms with E-state index < -0.39 is 35.3 Å². The molecule has 2 N–H and O–H groups in total. The van der Waals surface area contributed by atoms with Crippen LogP contribution in [0.25, 0.3) is 0 Å². The van der Waals surface area contributed by atoms with E-state index in [0.29, 0.717) is 12.8 Å². The number of carboxylic acid groups (broad SMARTS) is 1.